The Kier molecular flexibility index (Phi) is 4.74. The fraction of sp³-hybridized carbons (Fsp3) is 0.294. The lowest BCUT2D eigenvalue weighted by Gasteiger charge is -2.21. The fourth-order valence-corrected chi connectivity index (χ4v) is 3.36. The van der Waals surface area contributed by atoms with Crippen LogP contribution in [0.5, 0.6) is 0 Å². The summed E-state index contributed by atoms with van der Waals surface area (Å²) < 4.78 is 5.64. The first-order valence-corrected chi connectivity index (χ1v) is 7.94. The molecule has 0 aliphatic carbocycles. The van der Waals surface area contributed by atoms with Gasteiger partial charge in [-0.2, -0.15) is 0 Å². The number of ether oxygens (including phenoxy) is 1. The third-order valence-electron chi connectivity index (χ3n) is 3.54. The minimum absolute atomic E-state index is 0.494. The quantitative estimate of drug-likeness (QED) is 0.778. The van der Waals surface area contributed by atoms with Crippen LogP contribution >= 0.6 is 11.8 Å². The molecule has 2 aromatic carbocycles. The zero-order chi connectivity index (χ0) is 13.6. The Labute approximate surface area is 124 Å². The van der Waals surface area contributed by atoms with Crippen LogP contribution in [0.3, 0.4) is 0 Å². The second-order valence-electron chi connectivity index (χ2n) is 5.02. The summed E-state index contributed by atoms with van der Waals surface area (Å²) >= 11 is 1.88. The standard InChI is InChI=1S/C17H19NOS/c1-3-7-15(8-4-1)11-16-12-19-13-18(16)14-20-17-9-5-2-6-10-17/h1-10,16H,11-14H2/t16-/m0/s1. The van der Waals surface area contributed by atoms with Gasteiger partial charge in [0.1, 0.15) is 6.73 Å². The number of thioether (sulfide) groups is 1. The van der Waals surface area contributed by atoms with Crippen molar-refractivity contribution in [3.05, 3.63) is 66.2 Å². The lowest BCUT2D eigenvalue weighted by atomic mass is 10.1. The molecular weight excluding hydrogens is 266 g/mol. The molecule has 1 atom stereocenters. The molecule has 1 aliphatic rings. The van der Waals surface area contributed by atoms with Crippen molar-refractivity contribution in [3.8, 4) is 0 Å². The molecule has 3 heteroatoms. The largest absolute Gasteiger partial charge is 0.364 e. The normalized spacial score (nSPS) is 19.3. The van der Waals surface area contributed by atoms with Gasteiger partial charge in [0.2, 0.25) is 0 Å². The molecule has 3 rings (SSSR count). The second kappa shape index (κ2) is 6.93. The summed E-state index contributed by atoms with van der Waals surface area (Å²) in [5.41, 5.74) is 1.39. The van der Waals surface area contributed by atoms with E-state index in [1.807, 2.05) is 11.8 Å². The van der Waals surface area contributed by atoms with Crippen molar-refractivity contribution in [1.82, 2.24) is 4.90 Å². The van der Waals surface area contributed by atoms with Crippen LogP contribution in [0.25, 0.3) is 0 Å². The highest BCUT2D eigenvalue weighted by Crippen LogP contribution is 2.23. The van der Waals surface area contributed by atoms with Crippen molar-refractivity contribution in [2.75, 3.05) is 19.2 Å². The first-order valence-electron chi connectivity index (χ1n) is 6.95. The van der Waals surface area contributed by atoms with Crippen LogP contribution in [0.2, 0.25) is 0 Å². The SMILES string of the molecule is c1ccc(C[C@H]2COCN2CSc2ccccc2)cc1. The molecule has 2 aromatic rings. The highest BCUT2D eigenvalue weighted by Gasteiger charge is 2.25. The Bertz CT molecular complexity index is 517. The Morgan fingerprint density at radius 3 is 2.45 bits per heavy atom. The highest BCUT2D eigenvalue weighted by atomic mass is 32.2. The predicted octanol–water partition coefficient (Wildman–Crippen LogP) is 3.64. The van der Waals surface area contributed by atoms with Crippen LogP contribution in [-0.2, 0) is 11.2 Å². The average Bonchev–Trinajstić information content (AvgIpc) is 2.94. The van der Waals surface area contributed by atoms with E-state index < -0.39 is 0 Å². The van der Waals surface area contributed by atoms with E-state index in [1.54, 1.807) is 0 Å². The molecule has 1 saturated heterocycles. The van der Waals surface area contributed by atoms with E-state index in [1.165, 1.54) is 10.5 Å². The molecule has 2 nitrogen and oxygen atoms in total. The molecule has 1 fully saturated rings. The monoisotopic (exact) mass is 285 g/mol. The van der Waals surface area contributed by atoms with Gasteiger partial charge in [-0.25, -0.2) is 0 Å². The summed E-state index contributed by atoms with van der Waals surface area (Å²) in [6.07, 6.45) is 1.07. The van der Waals surface area contributed by atoms with Crippen LogP contribution in [0.4, 0.5) is 0 Å². The number of nitrogens with zero attached hydrogens (tertiary/aromatic N) is 1. The molecule has 0 radical (unpaired) electrons. The van der Waals surface area contributed by atoms with Crippen molar-refractivity contribution in [2.24, 2.45) is 0 Å². The summed E-state index contributed by atoms with van der Waals surface area (Å²) in [6.45, 7) is 1.58. The summed E-state index contributed by atoms with van der Waals surface area (Å²) in [5.74, 6) is 0.988. The maximum absolute atomic E-state index is 5.64. The van der Waals surface area contributed by atoms with E-state index in [-0.39, 0.29) is 0 Å². The van der Waals surface area contributed by atoms with Crippen LogP contribution in [0.15, 0.2) is 65.6 Å². The summed E-state index contributed by atoms with van der Waals surface area (Å²) in [4.78, 5) is 3.74. The summed E-state index contributed by atoms with van der Waals surface area (Å²) in [7, 11) is 0. The van der Waals surface area contributed by atoms with Gasteiger partial charge in [-0.15, -0.1) is 11.8 Å². The Balaban J connectivity index is 1.56. The third-order valence-corrected chi connectivity index (χ3v) is 4.60. The number of hydrogen-bond donors (Lipinski definition) is 0. The van der Waals surface area contributed by atoms with E-state index in [4.69, 9.17) is 4.74 Å². The van der Waals surface area contributed by atoms with Gasteiger partial charge < -0.3 is 4.74 Å². The van der Waals surface area contributed by atoms with Crippen LogP contribution in [0.1, 0.15) is 5.56 Å². The molecule has 1 heterocycles. The van der Waals surface area contributed by atoms with E-state index in [0.717, 1.165) is 25.6 Å². The molecule has 0 N–H and O–H groups in total. The number of benzene rings is 2. The van der Waals surface area contributed by atoms with Gasteiger partial charge in [0.05, 0.1) is 12.5 Å². The molecule has 0 saturated carbocycles. The summed E-state index contributed by atoms with van der Waals surface area (Å²) in [6, 6.07) is 21.7. The zero-order valence-corrected chi connectivity index (χ0v) is 12.3. The van der Waals surface area contributed by atoms with Crippen molar-refractivity contribution >= 4 is 11.8 Å². The number of rotatable bonds is 5. The predicted molar refractivity (Wildman–Crippen MR) is 83.8 cm³/mol. The van der Waals surface area contributed by atoms with Crippen LogP contribution in [-0.4, -0.2) is 30.2 Å². The number of hydrogen-bond acceptors (Lipinski definition) is 3. The van der Waals surface area contributed by atoms with E-state index in [0.29, 0.717) is 6.04 Å². The van der Waals surface area contributed by atoms with Gasteiger partial charge in [-0.1, -0.05) is 48.5 Å². The Hall–Kier alpha value is -1.29. The van der Waals surface area contributed by atoms with E-state index in [9.17, 15) is 0 Å². The second-order valence-corrected chi connectivity index (χ2v) is 6.04. The molecule has 0 bridgehead atoms. The topological polar surface area (TPSA) is 12.5 Å². The summed E-state index contributed by atoms with van der Waals surface area (Å²) in [5, 5.41) is 0. The molecule has 1 aliphatic heterocycles. The van der Waals surface area contributed by atoms with Crippen molar-refractivity contribution in [2.45, 2.75) is 17.4 Å². The zero-order valence-electron chi connectivity index (χ0n) is 11.4. The van der Waals surface area contributed by atoms with Crippen LogP contribution < -0.4 is 0 Å². The van der Waals surface area contributed by atoms with Crippen molar-refractivity contribution < 1.29 is 4.74 Å². The minimum Gasteiger partial charge on any atom is -0.364 e. The van der Waals surface area contributed by atoms with Gasteiger partial charge in [0, 0.05) is 10.9 Å². The molecule has 0 aromatic heterocycles. The maximum Gasteiger partial charge on any atom is 0.100 e. The lowest BCUT2D eigenvalue weighted by Crippen LogP contribution is -2.32. The fourth-order valence-electron chi connectivity index (χ4n) is 2.41. The van der Waals surface area contributed by atoms with Gasteiger partial charge in [0.15, 0.2) is 0 Å². The van der Waals surface area contributed by atoms with Gasteiger partial charge in [0.25, 0.3) is 0 Å². The lowest BCUT2D eigenvalue weighted by molar-refractivity contribution is 0.150. The first kappa shape index (κ1) is 13.7. The van der Waals surface area contributed by atoms with Crippen LogP contribution in [0, 0.1) is 0 Å². The molecule has 0 spiro atoms. The van der Waals surface area contributed by atoms with E-state index >= 15 is 0 Å². The average molecular weight is 285 g/mol. The molecule has 0 amide bonds. The van der Waals surface area contributed by atoms with Gasteiger partial charge >= 0.3 is 0 Å². The Morgan fingerprint density at radius 2 is 1.70 bits per heavy atom. The van der Waals surface area contributed by atoms with Crippen molar-refractivity contribution in [3.63, 3.8) is 0 Å². The molecular formula is C17H19NOS. The molecule has 104 valence electrons. The smallest absolute Gasteiger partial charge is 0.100 e. The molecule has 0 unspecified atom stereocenters. The van der Waals surface area contributed by atoms with Crippen molar-refractivity contribution in [1.29, 1.82) is 0 Å². The minimum atomic E-state index is 0.494. The molecule has 20 heavy (non-hydrogen) atoms. The first-order chi connectivity index (χ1) is 9.92. The van der Waals surface area contributed by atoms with E-state index in [2.05, 4.69) is 65.6 Å². The maximum atomic E-state index is 5.64. The van der Waals surface area contributed by atoms with Gasteiger partial charge in [-0.3, -0.25) is 4.90 Å². The Morgan fingerprint density at radius 1 is 1.00 bits per heavy atom. The van der Waals surface area contributed by atoms with Gasteiger partial charge in [-0.05, 0) is 24.1 Å². The highest BCUT2D eigenvalue weighted by molar-refractivity contribution is 7.99. The third kappa shape index (κ3) is 3.63.